The number of H-pyrrole nitrogens is 1. The van der Waals surface area contributed by atoms with Crippen LogP contribution in [0.3, 0.4) is 0 Å². The topological polar surface area (TPSA) is 79.0 Å². The fraction of sp³-hybridized carbons (Fsp3) is 0.692. The molecule has 0 spiro atoms. The van der Waals surface area contributed by atoms with Crippen LogP contribution < -0.4 is 10.6 Å². The van der Waals surface area contributed by atoms with Crippen LogP contribution in [0.25, 0.3) is 0 Å². The Hall–Kier alpha value is -1.40. The number of amides is 1. The average molecular weight is 262 g/mol. The zero-order valence-electron chi connectivity index (χ0n) is 10.7. The summed E-state index contributed by atoms with van der Waals surface area (Å²) in [6.07, 6.45) is 4.62. The first kappa shape index (κ1) is 11.4. The predicted octanol–water partition coefficient (Wildman–Crippen LogP) is 0.105. The minimum absolute atomic E-state index is 0.0673. The second-order valence-corrected chi connectivity index (χ2v) is 5.65. The van der Waals surface area contributed by atoms with Gasteiger partial charge in [-0.2, -0.15) is 5.10 Å². The number of ether oxygens (including phenoxy) is 1. The molecule has 0 aliphatic carbocycles. The van der Waals surface area contributed by atoms with Crippen LogP contribution in [0.5, 0.6) is 0 Å². The van der Waals surface area contributed by atoms with Crippen LogP contribution in [0, 0.1) is 0 Å². The van der Waals surface area contributed by atoms with E-state index in [2.05, 4.69) is 20.8 Å². The van der Waals surface area contributed by atoms with Gasteiger partial charge in [0.15, 0.2) is 5.69 Å². The van der Waals surface area contributed by atoms with Gasteiger partial charge < -0.3 is 15.4 Å². The molecule has 6 nitrogen and oxygen atoms in total. The van der Waals surface area contributed by atoms with Crippen LogP contribution in [0.15, 0.2) is 0 Å². The van der Waals surface area contributed by atoms with E-state index in [4.69, 9.17) is 4.74 Å². The van der Waals surface area contributed by atoms with Gasteiger partial charge in [-0.3, -0.25) is 9.89 Å². The summed E-state index contributed by atoms with van der Waals surface area (Å²) < 4.78 is 5.76. The molecule has 2 saturated heterocycles. The Labute approximate surface area is 111 Å². The average Bonchev–Trinajstić information content (AvgIpc) is 3.13. The molecule has 4 rings (SSSR count). The zero-order valence-corrected chi connectivity index (χ0v) is 10.7. The number of aromatic amines is 1. The molecule has 1 aromatic rings. The highest BCUT2D eigenvalue weighted by Gasteiger charge is 2.41. The van der Waals surface area contributed by atoms with Crippen molar-refractivity contribution in [2.45, 2.75) is 50.5 Å². The third kappa shape index (κ3) is 1.86. The number of rotatable bonds is 2. The van der Waals surface area contributed by atoms with E-state index in [1.54, 1.807) is 0 Å². The van der Waals surface area contributed by atoms with Gasteiger partial charge in [0.05, 0.1) is 18.2 Å². The third-order valence-corrected chi connectivity index (χ3v) is 4.44. The largest absolute Gasteiger partial charge is 0.373 e. The SMILES string of the molecule is O=C(NC1CC2CCC1O2)c1n[nH]c2c1CNCC2. The summed E-state index contributed by atoms with van der Waals surface area (Å²) in [5.74, 6) is -0.0673. The number of hydrogen-bond donors (Lipinski definition) is 3. The highest BCUT2D eigenvalue weighted by molar-refractivity contribution is 5.94. The van der Waals surface area contributed by atoms with E-state index in [1.165, 1.54) is 0 Å². The normalized spacial score (nSPS) is 32.3. The van der Waals surface area contributed by atoms with Gasteiger partial charge >= 0.3 is 0 Å². The summed E-state index contributed by atoms with van der Waals surface area (Å²) in [5, 5.41) is 13.5. The second kappa shape index (κ2) is 4.31. The molecule has 0 radical (unpaired) electrons. The molecule has 4 heterocycles. The van der Waals surface area contributed by atoms with Gasteiger partial charge in [0, 0.05) is 30.8 Å². The lowest BCUT2D eigenvalue weighted by Crippen LogP contribution is -2.42. The van der Waals surface area contributed by atoms with E-state index < -0.39 is 0 Å². The van der Waals surface area contributed by atoms with E-state index in [0.29, 0.717) is 11.8 Å². The van der Waals surface area contributed by atoms with E-state index in [9.17, 15) is 4.79 Å². The molecular formula is C13H18N4O2. The van der Waals surface area contributed by atoms with Crippen LogP contribution in [-0.2, 0) is 17.7 Å². The minimum atomic E-state index is -0.0673. The summed E-state index contributed by atoms with van der Waals surface area (Å²) in [5.41, 5.74) is 2.66. The van der Waals surface area contributed by atoms with E-state index in [0.717, 1.165) is 50.0 Å². The van der Waals surface area contributed by atoms with E-state index >= 15 is 0 Å². The maximum atomic E-state index is 12.3. The molecule has 6 heteroatoms. The highest BCUT2D eigenvalue weighted by Crippen LogP contribution is 2.34. The summed E-state index contributed by atoms with van der Waals surface area (Å²) in [6, 6.07) is 0.162. The summed E-state index contributed by atoms with van der Waals surface area (Å²) in [7, 11) is 0. The Morgan fingerprint density at radius 2 is 2.37 bits per heavy atom. The Kier molecular flexibility index (Phi) is 2.60. The van der Waals surface area contributed by atoms with Gasteiger partial charge in [-0.25, -0.2) is 0 Å². The number of nitrogens with one attached hydrogen (secondary N) is 3. The van der Waals surface area contributed by atoms with Crippen LogP contribution in [0.1, 0.15) is 41.0 Å². The number of nitrogens with zero attached hydrogens (tertiary/aromatic N) is 1. The number of fused-ring (bicyclic) bond motifs is 3. The lowest BCUT2D eigenvalue weighted by Gasteiger charge is -2.20. The molecular weight excluding hydrogens is 244 g/mol. The van der Waals surface area contributed by atoms with Crippen molar-refractivity contribution in [1.82, 2.24) is 20.8 Å². The molecule has 102 valence electrons. The Bertz CT molecular complexity index is 513. The monoisotopic (exact) mass is 262 g/mol. The molecule has 3 unspecified atom stereocenters. The lowest BCUT2D eigenvalue weighted by molar-refractivity contribution is 0.0836. The van der Waals surface area contributed by atoms with Crippen molar-refractivity contribution in [2.24, 2.45) is 0 Å². The van der Waals surface area contributed by atoms with E-state index in [1.807, 2.05) is 0 Å². The Balaban J connectivity index is 1.50. The van der Waals surface area contributed by atoms with Gasteiger partial charge in [-0.1, -0.05) is 0 Å². The number of carbonyl (C=O) groups is 1. The number of hydrogen-bond acceptors (Lipinski definition) is 4. The standard InChI is InChI=1S/C13H18N4O2/c18-13(15-10-5-7-1-2-11(10)19-7)12-8-6-14-4-3-9(8)16-17-12/h7,10-11,14H,1-6H2,(H,15,18)(H,16,17). The van der Waals surface area contributed by atoms with E-state index in [-0.39, 0.29) is 18.1 Å². The van der Waals surface area contributed by atoms with Gasteiger partial charge in [0.25, 0.3) is 5.91 Å². The van der Waals surface area contributed by atoms with Crippen LogP contribution >= 0.6 is 0 Å². The van der Waals surface area contributed by atoms with Crippen molar-refractivity contribution in [3.8, 4) is 0 Å². The van der Waals surface area contributed by atoms with Gasteiger partial charge in [0.1, 0.15) is 0 Å². The minimum Gasteiger partial charge on any atom is -0.373 e. The van der Waals surface area contributed by atoms with Crippen molar-refractivity contribution in [1.29, 1.82) is 0 Å². The maximum absolute atomic E-state index is 12.3. The highest BCUT2D eigenvalue weighted by atomic mass is 16.5. The van der Waals surface area contributed by atoms with Gasteiger partial charge in [0.2, 0.25) is 0 Å². The second-order valence-electron chi connectivity index (χ2n) is 5.65. The molecule has 0 aromatic carbocycles. The number of aromatic nitrogens is 2. The molecule has 3 atom stereocenters. The van der Waals surface area contributed by atoms with Crippen molar-refractivity contribution < 1.29 is 9.53 Å². The first-order valence-electron chi connectivity index (χ1n) is 7.04. The summed E-state index contributed by atoms with van der Waals surface area (Å²) in [6.45, 7) is 1.66. The Morgan fingerprint density at radius 1 is 1.42 bits per heavy atom. The first-order chi connectivity index (χ1) is 9.31. The van der Waals surface area contributed by atoms with Gasteiger partial charge in [-0.15, -0.1) is 0 Å². The van der Waals surface area contributed by atoms with Crippen molar-refractivity contribution in [3.05, 3.63) is 17.0 Å². The molecule has 1 aromatic heterocycles. The molecule has 3 N–H and O–H groups in total. The molecule has 19 heavy (non-hydrogen) atoms. The molecule has 0 saturated carbocycles. The Morgan fingerprint density at radius 3 is 3.16 bits per heavy atom. The van der Waals surface area contributed by atoms with Crippen LogP contribution in [0.4, 0.5) is 0 Å². The quantitative estimate of drug-likeness (QED) is 0.706. The molecule has 1 amide bonds. The fourth-order valence-corrected chi connectivity index (χ4v) is 3.44. The molecule has 2 fully saturated rings. The van der Waals surface area contributed by atoms with Crippen molar-refractivity contribution >= 4 is 5.91 Å². The third-order valence-electron chi connectivity index (χ3n) is 4.44. The van der Waals surface area contributed by atoms with Crippen molar-refractivity contribution in [2.75, 3.05) is 6.54 Å². The number of carbonyl (C=O) groups excluding carboxylic acids is 1. The first-order valence-corrected chi connectivity index (χ1v) is 7.04. The smallest absolute Gasteiger partial charge is 0.272 e. The van der Waals surface area contributed by atoms with Crippen molar-refractivity contribution in [3.63, 3.8) is 0 Å². The zero-order chi connectivity index (χ0) is 12.8. The molecule has 2 bridgehead atoms. The van der Waals surface area contributed by atoms with Gasteiger partial charge in [-0.05, 0) is 19.3 Å². The molecule has 3 aliphatic rings. The fourth-order valence-electron chi connectivity index (χ4n) is 3.44. The van der Waals surface area contributed by atoms with Crippen LogP contribution in [0.2, 0.25) is 0 Å². The molecule has 3 aliphatic heterocycles. The summed E-state index contributed by atoms with van der Waals surface area (Å²) in [4.78, 5) is 12.3. The maximum Gasteiger partial charge on any atom is 0.272 e. The lowest BCUT2D eigenvalue weighted by atomic mass is 9.95. The summed E-state index contributed by atoms with van der Waals surface area (Å²) >= 11 is 0. The predicted molar refractivity (Wildman–Crippen MR) is 67.8 cm³/mol. The van der Waals surface area contributed by atoms with Crippen LogP contribution in [-0.4, -0.2) is 40.9 Å².